The van der Waals surface area contributed by atoms with E-state index in [-0.39, 0.29) is 0 Å². The molecule has 0 heteroatoms. The van der Waals surface area contributed by atoms with E-state index in [9.17, 15) is 0 Å². The zero-order valence-corrected chi connectivity index (χ0v) is 17.7. The molecule has 0 nitrogen and oxygen atoms in total. The van der Waals surface area contributed by atoms with Gasteiger partial charge in [0, 0.05) is 0 Å². The van der Waals surface area contributed by atoms with Gasteiger partial charge in [0.2, 0.25) is 0 Å². The van der Waals surface area contributed by atoms with Crippen LogP contribution in [-0.4, -0.2) is 0 Å². The first kappa shape index (κ1) is 24.5. The lowest BCUT2D eigenvalue weighted by molar-refractivity contribution is 0.540. The number of hydrogen-bond donors (Lipinski definition) is 0. The number of unbranched alkanes of at least 4 members (excludes halogenated alkanes) is 17. The van der Waals surface area contributed by atoms with Crippen LogP contribution in [0.5, 0.6) is 0 Å². The monoisotopic (exact) mass is 348 g/mol. The Labute approximate surface area is 160 Å². The maximum Gasteiger partial charge on any atom is -0.0348 e. The molecule has 0 heterocycles. The van der Waals surface area contributed by atoms with Gasteiger partial charge in [0.1, 0.15) is 0 Å². The van der Waals surface area contributed by atoms with Crippen LogP contribution >= 0.6 is 0 Å². The van der Waals surface area contributed by atoms with Crippen molar-refractivity contribution < 1.29 is 0 Å². The lowest BCUT2D eigenvalue weighted by atomic mass is 10.0. The lowest BCUT2D eigenvalue weighted by Gasteiger charge is -2.02. The van der Waals surface area contributed by atoms with Crippen LogP contribution in [0.15, 0.2) is 24.3 Å². The van der Waals surface area contributed by atoms with Crippen molar-refractivity contribution in [2.75, 3.05) is 0 Å². The highest BCUT2D eigenvalue weighted by Crippen LogP contribution is 2.13. The summed E-state index contributed by atoms with van der Waals surface area (Å²) in [4.78, 5) is 0. The van der Waals surface area contributed by atoms with Crippen LogP contribution in [0.2, 0.25) is 0 Å². The normalized spacial score (nSPS) is 11.9. The van der Waals surface area contributed by atoms with Crippen molar-refractivity contribution in [3.63, 3.8) is 0 Å². The highest BCUT2D eigenvalue weighted by Gasteiger charge is 1.93. The van der Waals surface area contributed by atoms with E-state index in [0.717, 1.165) is 0 Å². The standard InChI is InChI=1S/C25H48/c1-3-5-7-9-11-13-15-17-19-21-23-25-24-22-20-18-16-14-12-10-8-6-4-2/h13,15,17,19H,3-12,14,16,18,20-25H2,1-2H3. The van der Waals surface area contributed by atoms with Crippen molar-refractivity contribution in [1.29, 1.82) is 0 Å². The molecule has 0 saturated carbocycles. The predicted molar refractivity (Wildman–Crippen MR) is 117 cm³/mol. The molecule has 0 saturated heterocycles. The smallest absolute Gasteiger partial charge is 0.0348 e. The predicted octanol–water partition coefficient (Wildman–Crippen LogP) is 9.55. The first-order chi connectivity index (χ1) is 12.4. The Bertz CT molecular complexity index is 274. The van der Waals surface area contributed by atoms with Gasteiger partial charge in [-0.15, -0.1) is 0 Å². The Hall–Kier alpha value is -0.520. The summed E-state index contributed by atoms with van der Waals surface area (Å²) < 4.78 is 0. The summed E-state index contributed by atoms with van der Waals surface area (Å²) in [5, 5.41) is 0. The molecule has 0 aliphatic heterocycles. The van der Waals surface area contributed by atoms with Crippen molar-refractivity contribution >= 4 is 0 Å². The Morgan fingerprint density at radius 2 is 0.640 bits per heavy atom. The fourth-order valence-corrected chi connectivity index (χ4v) is 3.32. The van der Waals surface area contributed by atoms with Gasteiger partial charge < -0.3 is 0 Å². The van der Waals surface area contributed by atoms with E-state index < -0.39 is 0 Å². The Balaban J connectivity index is 3.11. The Morgan fingerprint density at radius 3 is 1.00 bits per heavy atom. The SMILES string of the molecule is CCCCCCC=CC=CCCCCCCCCCCCCCCC. The fraction of sp³-hybridized carbons (Fsp3) is 0.840. The van der Waals surface area contributed by atoms with Gasteiger partial charge in [-0.1, -0.05) is 134 Å². The number of hydrogen-bond acceptors (Lipinski definition) is 0. The van der Waals surface area contributed by atoms with Crippen molar-refractivity contribution in [3.05, 3.63) is 24.3 Å². The maximum atomic E-state index is 2.35. The van der Waals surface area contributed by atoms with E-state index in [2.05, 4.69) is 38.2 Å². The van der Waals surface area contributed by atoms with Crippen LogP contribution in [0.25, 0.3) is 0 Å². The molecular weight excluding hydrogens is 300 g/mol. The molecular formula is C25H48. The van der Waals surface area contributed by atoms with Crippen LogP contribution in [0, 0.1) is 0 Å². The van der Waals surface area contributed by atoms with E-state index in [1.807, 2.05) is 0 Å². The van der Waals surface area contributed by atoms with Crippen molar-refractivity contribution in [2.24, 2.45) is 0 Å². The summed E-state index contributed by atoms with van der Waals surface area (Å²) in [5.41, 5.74) is 0. The molecule has 0 aliphatic carbocycles. The number of rotatable bonds is 20. The molecule has 0 rings (SSSR count). The summed E-state index contributed by atoms with van der Waals surface area (Å²) in [6.07, 6.45) is 35.9. The van der Waals surface area contributed by atoms with Gasteiger partial charge >= 0.3 is 0 Å². The minimum Gasteiger partial charge on any atom is -0.0845 e. The second-order valence-electron chi connectivity index (χ2n) is 7.74. The Kier molecular flexibility index (Phi) is 23.0. The highest BCUT2D eigenvalue weighted by molar-refractivity contribution is 5.02. The first-order valence-electron chi connectivity index (χ1n) is 11.7. The summed E-state index contributed by atoms with van der Waals surface area (Å²) in [6.45, 7) is 4.57. The van der Waals surface area contributed by atoms with E-state index in [0.29, 0.717) is 0 Å². The fourth-order valence-electron chi connectivity index (χ4n) is 3.32. The zero-order valence-electron chi connectivity index (χ0n) is 17.7. The quantitative estimate of drug-likeness (QED) is 0.152. The molecule has 25 heavy (non-hydrogen) atoms. The van der Waals surface area contributed by atoms with Crippen molar-refractivity contribution in [2.45, 2.75) is 136 Å². The molecule has 0 bridgehead atoms. The third-order valence-corrected chi connectivity index (χ3v) is 5.08. The maximum absolute atomic E-state index is 2.35. The van der Waals surface area contributed by atoms with Crippen LogP contribution in [0.4, 0.5) is 0 Å². The van der Waals surface area contributed by atoms with Gasteiger partial charge in [-0.05, 0) is 25.7 Å². The van der Waals surface area contributed by atoms with Crippen molar-refractivity contribution in [3.8, 4) is 0 Å². The lowest BCUT2D eigenvalue weighted by Crippen LogP contribution is -1.82. The van der Waals surface area contributed by atoms with Crippen LogP contribution in [-0.2, 0) is 0 Å². The summed E-state index contributed by atoms with van der Waals surface area (Å²) >= 11 is 0. The molecule has 0 amide bonds. The molecule has 0 unspecified atom stereocenters. The minimum atomic E-state index is 1.25. The largest absolute Gasteiger partial charge is 0.0845 e. The van der Waals surface area contributed by atoms with E-state index >= 15 is 0 Å². The molecule has 0 N–H and O–H groups in total. The molecule has 0 aliphatic rings. The first-order valence-corrected chi connectivity index (χ1v) is 11.7. The molecule has 148 valence electrons. The summed E-state index contributed by atoms with van der Waals surface area (Å²) in [7, 11) is 0. The average molecular weight is 349 g/mol. The molecule has 0 spiro atoms. The molecule has 0 fully saturated rings. The second kappa shape index (κ2) is 23.5. The van der Waals surface area contributed by atoms with Crippen LogP contribution < -0.4 is 0 Å². The van der Waals surface area contributed by atoms with Gasteiger partial charge in [-0.25, -0.2) is 0 Å². The second-order valence-corrected chi connectivity index (χ2v) is 7.74. The van der Waals surface area contributed by atoms with Gasteiger partial charge in [0.05, 0.1) is 0 Å². The van der Waals surface area contributed by atoms with Crippen molar-refractivity contribution in [1.82, 2.24) is 0 Å². The summed E-state index contributed by atoms with van der Waals surface area (Å²) in [6, 6.07) is 0. The van der Waals surface area contributed by atoms with Gasteiger partial charge in [0.15, 0.2) is 0 Å². The van der Waals surface area contributed by atoms with E-state index in [4.69, 9.17) is 0 Å². The topological polar surface area (TPSA) is 0 Å². The minimum absolute atomic E-state index is 1.25. The van der Waals surface area contributed by atoms with Crippen LogP contribution in [0.1, 0.15) is 136 Å². The molecule has 0 aromatic carbocycles. The summed E-state index contributed by atoms with van der Waals surface area (Å²) in [5.74, 6) is 0. The third kappa shape index (κ3) is 23.5. The Morgan fingerprint density at radius 1 is 0.360 bits per heavy atom. The van der Waals surface area contributed by atoms with E-state index in [1.54, 1.807) is 0 Å². The zero-order chi connectivity index (χ0) is 18.3. The van der Waals surface area contributed by atoms with Gasteiger partial charge in [-0.3, -0.25) is 0 Å². The molecule has 0 aromatic rings. The highest BCUT2D eigenvalue weighted by atomic mass is 14.0. The molecule has 0 atom stereocenters. The third-order valence-electron chi connectivity index (χ3n) is 5.08. The van der Waals surface area contributed by atoms with Crippen LogP contribution in [0.3, 0.4) is 0 Å². The molecule has 0 radical (unpaired) electrons. The molecule has 0 aromatic heterocycles. The number of allylic oxidation sites excluding steroid dienone is 4. The van der Waals surface area contributed by atoms with E-state index in [1.165, 1.54) is 122 Å². The average Bonchev–Trinajstić information content (AvgIpc) is 2.63. The van der Waals surface area contributed by atoms with Gasteiger partial charge in [0.25, 0.3) is 0 Å². The van der Waals surface area contributed by atoms with Gasteiger partial charge in [-0.2, -0.15) is 0 Å².